The van der Waals surface area contributed by atoms with Crippen molar-refractivity contribution in [1.82, 2.24) is 9.80 Å². The lowest BCUT2D eigenvalue weighted by Crippen LogP contribution is -2.44. The molecule has 0 spiro atoms. The molecule has 0 aromatic rings. The van der Waals surface area contributed by atoms with Crippen molar-refractivity contribution in [3.8, 4) is 0 Å². The summed E-state index contributed by atoms with van der Waals surface area (Å²) >= 11 is 0. The normalized spacial score (nSPS) is 22.4. The zero-order chi connectivity index (χ0) is 8.10. The Bertz CT molecular complexity index is 97.5. The first-order valence-electron chi connectivity index (χ1n) is 4.09. The van der Waals surface area contributed by atoms with Gasteiger partial charge in [-0.05, 0) is 0 Å². The van der Waals surface area contributed by atoms with Gasteiger partial charge in [-0.15, -0.1) is 0 Å². The van der Waals surface area contributed by atoms with Crippen molar-refractivity contribution < 1.29 is 4.74 Å². The van der Waals surface area contributed by atoms with E-state index >= 15 is 0 Å². The number of ether oxygens (including phenoxy) is 1. The molecule has 11 heavy (non-hydrogen) atoms. The second-order valence-electron chi connectivity index (χ2n) is 2.95. The predicted octanol–water partition coefficient (Wildman–Crippen LogP) is 0.0420. The van der Waals surface area contributed by atoms with Crippen LogP contribution in [-0.2, 0) is 4.74 Å². The van der Waals surface area contributed by atoms with Gasteiger partial charge in [-0.25, -0.2) is 0 Å². The van der Waals surface area contributed by atoms with E-state index in [1.807, 2.05) is 0 Å². The number of hydrogen-bond donors (Lipinski definition) is 0. The van der Waals surface area contributed by atoms with Crippen molar-refractivity contribution in [1.29, 1.82) is 0 Å². The van der Waals surface area contributed by atoms with Crippen LogP contribution in [0.15, 0.2) is 0 Å². The number of piperazine rings is 1. The average molecular weight is 157 g/mol. The highest BCUT2D eigenvalue weighted by molar-refractivity contribution is 4.70. The summed E-state index contributed by atoms with van der Waals surface area (Å²) in [6, 6.07) is 0. The predicted molar refractivity (Wildman–Crippen MR) is 45.2 cm³/mol. The first-order chi connectivity index (χ1) is 5.33. The Morgan fingerprint density at radius 3 is 2.45 bits per heavy atom. The van der Waals surface area contributed by atoms with Gasteiger partial charge in [0.15, 0.2) is 0 Å². The molecule has 1 radical (unpaired) electrons. The average Bonchev–Trinajstić information content (AvgIpc) is 2.04. The maximum atomic E-state index is 5.00. The minimum atomic E-state index is 0.844. The Hall–Kier alpha value is -0.120. The molecule has 1 fully saturated rings. The summed E-state index contributed by atoms with van der Waals surface area (Å²) < 4.78 is 5.00. The summed E-state index contributed by atoms with van der Waals surface area (Å²) in [6.45, 7) is 6.34. The van der Waals surface area contributed by atoms with Gasteiger partial charge in [0, 0.05) is 46.9 Å². The summed E-state index contributed by atoms with van der Waals surface area (Å²) in [7, 11) is 5.64. The Morgan fingerprint density at radius 2 is 1.91 bits per heavy atom. The van der Waals surface area contributed by atoms with Crippen LogP contribution in [0.4, 0.5) is 0 Å². The lowest BCUT2D eigenvalue weighted by atomic mass is 10.3. The minimum Gasteiger partial charge on any atom is -0.383 e. The summed E-state index contributed by atoms with van der Waals surface area (Å²) in [5, 5.41) is 0. The van der Waals surface area contributed by atoms with Gasteiger partial charge in [0.25, 0.3) is 0 Å². The van der Waals surface area contributed by atoms with Crippen LogP contribution in [0.3, 0.4) is 0 Å². The van der Waals surface area contributed by atoms with Crippen molar-refractivity contribution in [2.75, 3.05) is 46.4 Å². The topological polar surface area (TPSA) is 15.7 Å². The van der Waals surface area contributed by atoms with Crippen molar-refractivity contribution >= 4 is 0 Å². The third-order valence-corrected chi connectivity index (χ3v) is 2.08. The fourth-order valence-electron chi connectivity index (χ4n) is 1.23. The quantitative estimate of drug-likeness (QED) is 0.575. The van der Waals surface area contributed by atoms with Gasteiger partial charge in [0.1, 0.15) is 0 Å². The smallest absolute Gasteiger partial charge is 0.0589 e. The summed E-state index contributed by atoms with van der Waals surface area (Å²) in [6.07, 6.45) is 0. The van der Waals surface area contributed by atoms with Gasteiger partial charge in [-0.2, -0.15) is 0 Å². The summed E-state index contributed by atoms with van der Waals surface area (Å²) in [5.74, 6) is 0. The van der Waals surface area contributed by atoms with Crippen LogP contribution in [0.1, 0.15) is 0 Å². The molecule has 0 bridgehead atoms. The molecule has 1 aliphatic heterocycles. The van der Waals surface area contributed by atoms with Crippen LogP contribution in [-0.4, -0.2) is 56.2 Å². The van der Waals surface area contributed by atoms with Crippen LogP contribution in [0.5, 0.6) is 0 Å². The Kier molecular flexibility index (Phi) is 3.83. The molecule has 1 saturated heterocycles. The molecule has 65 valence electrons. The van der Waals surface area contributed by atoms with Gasteiger partial charge in [0.2, 0.25) is 0 Å². The molecule has 0 aromatic carbocycles. The standard InChI is InChI=1S/C8H17N2O/c1-9-3-5-10(6-4-9)7-8-11-2/h1,3-8H2,2H3. The van der Waals surface area contributed by atoms with E-state index < -0.39 is 0 Å². The summed E-state index contributed by atoms with van der Waals surface area (Å²) in [5.41, 5.74) is 0. The van der Waals surface area contributed by atoms with E-state index in [1.165, 1.54) is 0 Å². The second kappa shape index (κ2) is 4.70. The Labute approximate surface area is 68.9 Å². The van der Waals surface area contributed by atoms with E-state index in [0.29, 0.717) is 0 Å². The highest BCUT2D eigenvalue weighted by Gasteiger charge is 2.12. The van der Waals surface area contributed by atoms with Crippen molar-refractivity contribution in [3.63, 3.8) is 0 Å². The largest absolute Gasteiger partial charge is 0.383 e. The molecular weight excluding hydrogens is 140 g/mol. The lowest BCUT2D eigenvalue weighted by molar-refractivity contribution is 0.114. The second-order valence-corrected chi connectivity index (χ2v) is 2.95. The first-order valence-corrected chi connectivity index (χ1v) is 4.09. The van der Waals surface area contributed by atoms with E-state index in [9.17, 15) is 0 Å². The van der Waals surface area contributed by atoms with Crippen LogP contribution in [0, 0.1) is 7.05 Å². The molecule has 0 saturated carbocycles. The molecule has 0 atom stereocenters. The van der Waals surface area contributed by atoms with Gasteiger partial charge in [0.05, 0.1) is 6.61 Å². The van der Waals surface area contributed by atoms with Crippen LogP contribution in [0.2, 0.25) is 0 Å². The maximum Gasteiger partial charge on any atom is 0.0589 e. The van der Waals surface area contributed by atoms with Crippen molar-refractivity contribution in [2.45, 2.75) is 0 Å². The highest BCUT2D eigenvalue weighted by Crippen LogP contribution is 1.98. The number of methoxy groups -OCH3 is 1. The molecule has 3 heteroatoms. The number of hydrogen-bond acceptors (Lipinski definition) is 3. The molecule has 3 nitrogen and oxygen atoms in total. The number of nitrogens with zero attached hydrogens (tertiary/aromatic N) is 2. The fourth-order valence-corrected chi connectivity index (χ4v) is 1.23. The van der Waals surface area contributed by atoms with E-state index in [0.717, 1.165) is 39.3 Å². The van der Waals surface area contributed by atoms with Crippen LogP contribution >= 0.6 is 0 Å². The summed E-state index contributed by atoms with van der Waals surface area (Å²) in [4.78, 5) is 4.52. The molecule has 0 aromatic heterocycles. The number of rotatable bonds is 3. The molecule has 1 heterocycles. The third-order valence-electron chi connectivity index (χ3n) is 2.08. The van der Waals surface area contributed by atoms with E-state index in [4.69, 9.17) is 4.74 Å². The molecule has 1 aliphatic rings. The molecule has 1 rings (SSSR count). The van der Waals surface area contributed by atoms with E-state index in [2.05, 4.69) is 16.8 Å². The fraction of sp³-hybridized carbons (Fsp3) is 0.875. The van der Waals surface area contributed by atoms with Crippen molar-refractivity contribution in [3.05, 3.63) is 7.05 Å². The Balaban J connectivity index is 2.07. The van der Waals surface area contributed by atoms with Gasteiger partial charge in [-0.3, -0.25) is 9.80 Å². The first kappa shape index (κ1) is 8.97. The van der Waals surface area contributed by atoms with Crippen molar-refractivity contribution in [2.24, 2.45) is 0 Å². The molecular formula is C8H17N2O. The van der Waals surface area contributed by atoms with E-state index in [1.54, 1.807) is 7.11 Å². The van der Waals surface area contributed by atoms with Gasteiger partial charge < -0.3 is 4.74 Å². The third kappa shape index (κ3) is 3.18. The van der Waals surface area contributed by atoms with E-state index in [-0.39, 0.29) is 0 Å². The SMILES string of the molecule is [CH2]N1CCN(CCOC)CC1. The highest BCUT2D eigenvalue weighted by atomic mass is 16.5. The molecule has 0 N–H and O–H groups in total. The Morgan fingerprint density at radius 1 is 1.27 bits per heavy atom. The van der Waals surface area contributed by atoms with Crippen LogP contribution < -0.4 is 0 Å². The van der Waals surface area contributed by atoms with Gasteiger partial charge in [-0.1, -0.05) is 0 Å². The zero-order valence-electron chi connectivity index (χ0n) is 7.25. The minimum absolute atomic E-state index is 0.844. The van der Waals surface area contributed by atoms with Crippen LogP contribution in [0.25, 0.3) is 0 Å². The molecule has 0 amide bonds. The zero-order valence-corrected chi connectivity index (χ0v) is 7.25. The maximum absolute atomic E-state index is 5.00. The molecule has 0 aliphatic carbocycles. The monoisotopic (exact) mass is 157 g/mol. The van der Waals surface area contributed by atoms with Gasteiger partial charge >= 0.3 is 0 Å². The lowest BCUT2D eigenvalue weighted by Gasteiger charge is -2.31. The molecule has 0 unspecified atom stereocenters.